The van der Waals surface area contributed by atoms with E-state index in [0.29, 0.717) is 0 Å². The summed E-state index contributed by atoms with van der Waals surface area (Å²) in [7, 11) is 0.892. The molecule has 0 saturated heterocycles. The number of methoxy groups -OCH3 is 1. The van der Waals surface area contributed by atoms with E-state index in [-0.39, 0.29) is 24.3 Å². The van der Waals surface area contributed by atoms with Crippen LogP contribution in [0.1, 0.15) is 31.2 Å². The van der Waals surface area contributed by atoms with E-state index in [4.69, 9.17) is 13.8 Å². The first-order chi connectivity index (χ1) is 11.5. The number of ketones is 1. The van der Waals surface area contributed by atoms with Gasteiger partial charge in [0.15, 0.2) is 0 Å². The van der Waals surface area contributed by atoms with Crippen molar-refractivity contribution in [2.75, 3.05) is 27.5 Å². The summed E-state index contributed by atoms with van der Waals surface area (Å²) >= 11 is 0. The Morgan fingerprint density at radius 2 is 1.96 bits per heavy atom. The minimum Gasteiger partial charge on any atom is -0.497 e. The summed E-state index contributed by atoms with van der Waals surface area (Å²) in [5, 5.41) is 1.04. The maximum atomic E-state index is 12.3. The second kappa shape index (κ2) is 7.97. The molecule has 2 rings (SSSR count). The molecule has 1 heterocycles. The first-order valence-corrected chi connectivity index (χ1v) is 9.56. The predicted octanol–water partition coefficient (Wildman–Crippen LogP) is 4.12. The Balaban J connectivity index is 2.22. The number of hydrogen-bond acceptors (Lipinski definition) is 5. The quantitative estimate of drug-likeness (QED) is 0.686. The van der Waals surface area contributed by atoms with Gasteiger partial charge in [0.25, 0.3) is 0 Å². The zero-order valence-electron chi connectivity index (χ0n) is 14.5. The smallest absolute Gasteiger partial charge is 0.337 e. The van der Waals surface area contributed by atoms with Crippen molar-refractivity contribution >= 4 is 24.3 Å². The Hall–Kier alpha value is -1.62. The van der Waals surface area contributed by atoms with Crippen molar-refractivity contribution in [3.05, 3.63) is 30.0 Å². The lowest BCUT2D eigenvalue weighted by Gasteiger charge is -2.16. The van der Waals surface area contributed by atoms with Gasteiger partial charge in [-0.25, -0.2) is 0 Å². The van der Waals surface area contributed by atoms with Gasteiger partial charge in [0.2, 0.25) is 0 Å². The Morgan fingerprint density at radius 1 is 1.25 bits per heavy atom. The molecule has 0 spiro atoms. The van der Waals surface area contributed by atoms with Crippen LogP contribution in [0.5, 0.6) is 5.75 Å². The number of benzene rings is 1. The first kappa shape index (κ1) is 18.7. The van der Waals surface area contributed by atoms with Crippen LogP contribution >= 0.6 is 7.60 Å². The van der Waals surface area contributed by atoms with Gasteiger partial charge in [0.1, 0.15) is 17.7 Å². The number of rotatable bonds is 9. The molecule has 0 aliphatic heterocycles. The molecule has 0 aliphatic rings. The highest BCUT2D eigenvalue weighted by atomic mass is 31.2. The molecule has 0 amide bonds. The fraction of sp³-hybridized carbons (Fsp3) is 0.471. The summed E-state index contributed by atoms with van der Waals surface area (Å²) in [5.74, 6) is 0.666. The molecule has 1 atom stereocenters. The van der Waals surface area contributed by atoms with Crippen molar-refractivity contribution < 1.29 is 23.1 Å². The van der Waals surface area contributed by atoms with Crippen LogP contribution in [-0.2, 0) is 18.4 Å². The van der Waals surface area contributed by atoms with Gasteiger partial charge in [-0.2, -0.15) is 0 Å². The Bertz CT molecular complexity index is 747. The molecule has 0 unspecified atom stereocenters. The summed E-state index contributed by atoms with van der Waals surface area (Å²) in [5.41, 5.74) is 2.06. The summed E-state index contributed by atoms with van der Waals surface area (Å²) in [4.78, 5) is 15.6. The highest BCUT2D eigenvalue weighted by Crippen LogP contribution is 2.46. The normalized spacial score (nSPS) is 13.2. The topological polar surface area (TPSA) is 77.6 Å². The zero-order valence-corrected chi connectivity index (χ0v) is 15.4. The number of Topliss-reactive ketones (excluding diaryl/α,β-unsaturated/α-hetero) is 1. The molecule has 0 fully saturated rings. The third-order valence-electron chi connectivity index (χ3n) is 4.25. The monoisotopic (exact) mass is 353 g/mol. The van der Waals surface area contributed by atoms with Crippen molar-refractivity contribution in [3.63, 3.8) is 0 Å². The van der Waals surface area contributed by atoms with Crippen molar-refractivity contribution in [1.29, 1.82) is 0 Å². The van der Waals surface area contributed by atoms with Gasteiger partial charge in [0.05, 0.1) is 7.11 Å². The van der Waals surface area contributed by atoms with Crippen LogP contribution in [0, 0.1) is 0 Å². The van der Waals surface area contributed by atoms with Crippen LogP contribution in [-0.4, -0.2) is 38.3 Å². The molecule has 0 saturated carbocycles. The Labute approximate surface area is 142 Å². The molecule has 1 N–H and O–H groups in total. The number of ether oxygens (including phenoxy) is 1. The molecular weight excluding hydrogens is 329 g/mol. The van der Waals surface area contributed by atoms with Crippen molar-refractivity contribution in [2.45, 2.75) is 25.7 Å². The molecule has 7 heteroatoms. The number of fused-ring (bicyclic) bond motifs is 1. The fourth-order valence-corrected chi connectivity index (χ4v) is 3.79. The summed E-state index contributed by atoms with van der Waals surface area (Å²) in [6.07, 6.45) is 2.80. The average Bonchev–Trinajstić information content (AvgIpc) is 3.02. The summed E-state index contributed by atoms with van der Waals surface area (Å²) in [6, 6.07) is 5.81. The van der Waals surface area contributed by atoms with Crippen LogP contribution in [0.4, 0.5) is 0 Å². The van der Waals surface area contributed by atoms with Gasteiger partial charge in [0, 0.05) is 37.7 Å². The van der Waals surface area contributed by atoms with Crippen LogP contribution in [0.3, 0.4) is 0 Å². The van der Waals surface area contributed by atoms with Gasteiger partial charge < -0.3 is 18.8 Å². The molecule has 0 aliphatic carbocycles. The standard InChI is InChI=1S/C17H24NO5P/c1-5-12(8-13(19)11-24(20,22-3)23-4)16-10-18-17-7-6-14(21-2)9-15(16)17/h6-7,9-10,12,18H,5,8,11H2,1-4H3/t12-/m0/s1. The Kier molecular flexibility index (Phi) is 6.21. The minimum atomic E-state index is -3.32. The number of carbonyl (C=O) groups excluding carboxylic acids is 1. The average molecular weight is 353 g/mol. The molecule has 0 bridgehead atoms. The molecule has 24 heavy (non-hydrogen) atoms. The van der Waals surface area contributed by atoms with Gasteiger partial charge in [-0.3, -0.25) is 9.36 Å². The van der Waals surface area contributed by atoms with Crippen molar-refractivity contribution in [1.82, 2.24) is 4.98 Å². The van der Waals surface area contributed by atoms with Gasteiger partial charge in [-0.05, 0) is 36.1 Å². The van der Waals surface area contributed by atoms with Gasteiger partial charge >= 0.3 is 7.60 Å². The fourth-order valence-electron chi connectivity index (χ4n) is 2.82. The van der Waals surface area contributed by atoms with E-state index < -0.39 is 7.60 Å². The third kappa shape index (κ3) is 4.07. The number of H-pyrrole nitrogens is 1. The maximum Gasteiger partial charge on any atom is 0.337 e. The highest BCUT2D eigenvalue weighted by molar-refractivity contribution is 7.54. The van der Waals surface area contributed by atoms with E-state index in [9.17, 15) is 9.36 Å². The largest absolute Gasteiger partial charge is 0.497 e. The highest BCUT2D eigenvalue weighted by Gasteiger charge is 2.27. The van der Waals surface area contributed by atoms with E-state index in [1.807, 2.05) is 31.3 Å². The van der Waals surface area contributed by atoms with Gasteiger partial charge in [-0.1, -0.05) is 6.92 Å². The van der Waals surface area contributed by atoms with E-state index >= 15 is 0 Å². The number of hydrogen-bond donors (Lipinski definition) is 1. The number of nitrogens with one attached hydrogen (secondary N) is 1. The van der Waals surface area contributed by atoms with Crippen LogP contribution in [0.15, 0.2) is 24.4 Å². The first-order valence-electron chi connectivity index (χ1n) is 7.83. The van der Waals surface area contributed by atoms with Crippen LogP contribution in [0.25, 0.3) is 10.9 Å². The molecule has 2 aromatic rings. The SMILES string of the molecule is CC[C@@H](CC(=O)CP(=O)(OC)OC)c1c[nH]c2ccc(OC)cc12. The molecule has 1 aromatic carbocycles. The number of aromatic nitrogens is 1. The van der Waals surface area contributed by atoms with Crippen LogP contribution < -0.4 is 4.74 Å². The minimum absolute atomic E-state index is 0.0283. The molecule has 6 nitrogen and oxygen atoms in total. The summed E-state index contributed by atoms with van der Waals surface area (Å²) < 4.78 is 27.1. The lowest BCUT2D eigenvalue weighted by Crippen LogP contribution is -2.12. The van der Waals surface area contributed by atoms with Crippen LogP contribution in [0.2, 0.25) is 0 Å². The molecule has 132 valence electrons. The second-order valence-corrected chi connectivity index (χ2v) is 7.91. The van der Waals surface area contributed by atoms with E-state index in [0.717, 1.165) is 28.6 Å². The van der Waals surface area contributed by atoms with Gasteiger partial charge in [-0.15, -0.1) is 0 Å². The Morgan fingerprint density at radius 3 is 2.54 bits per heavy atom. The lowest BCUT2D eigenvalue weighted by molar-refractivity contribution is -0.117. The van der Waals surface area contributed by atoms with Crippen molar-refractivity contribution in [3.8, 4) is 5.75 Å². The number of carbonyl (C=O) groups is 1. The number of aromatic amines is 1. The summed E-state index contributed by atoms with van der Waals surface area (Å²) in [6.45, 7) is 2.03. The zero-order chi connectivity index (χ0) is 17.7. The van der Waals surface area contributed by atoms with E-state index in [1.165, 1.54) is 14.2 Å². The van der Waals surface area contributed by atoms with E-state index in [1.54, 1.807) is 7.11 Å². The van der Waals surface area contributed by atoms with E-state index in [2.05, 4.69) is 4.98 Å². The van der Waals surface area contributed by atoms with Crippen molar-refractivity contribution in [2.24, 2.45) is 0 Å². The maximum absolute atomic E-state index is 12.3. The predicted molar refractivity (Wildman–Crippen MR) is 94.0 cm³/mol. The third-order valence-corrected chi connectivity index (χ3v) is 6.11. The second-order valence-electron chi connectivity index (χ2n) is 5.64. The lowest BCUT2D eigenvalue weighted by atomic mass is 9.91. The molecule has 0 radical (unpaired) electrons. The molecular formula is C17H24NO5P. The molecule has 1 aromatic heterocycles.